The van der Waals surface area contributed by atoms with Crippen LogP contribution >= 0.6 is 0 Å². The molecular formula is C23H23NO2. The van der Waals surface area contributed by atoms with Gasteiger partial charge in [-0.25, -0.2) is 4.79 Å². The summed E-state index contributed by atoms with van der Waals surface area (Å²) in [6, 6.07) is 16.7. The number of unbranched alkanes of at least 4 members (excludes halogenated alkanes) is 2. The second kappa shape index (κ2) is 8.40. The van der Waals surface area contributed by atoms with Crippen molar-refractivity contribution in [1.29, 1.82) is 0 Å². The maximum Gasteiger partial charge on any atom is 0.421 e. The van der Waals surface area contributed by atoms with E-state index in [0.717, 1.165) is 36.1 Å². The molecule has 0 saturated heterocycles. The largest absolute Gasteiger partial charge is 0.421 e. The van der Waals surface area contributed by atoms with Crippen LogP contribution in [0.25, 0.3) is 6.08 Å². The van der Waals surface area contributed by atoms with Gasteiger partial charge in [-0.1, -0.05) is 61.7 Å². The third-order valence-electron chi connectivity index (χ3n) is 4.31. The van der Waals surface area contributed by atoms with Crippen LogP contribution in [-0.4, -0.2) is 12.1 Å². The van der Waals surface area contributed by atoms with Gasteiger partial charge in [0.05, 0.1) is 5.69 Å². The van der Waals surface area contributed by atoms with Crippen LogP contribution in [0, 0.1) is 11.8 Å². The van der Waals surface area contributed by atoms with Crippen LogP contribution in [0.3, 0.4) is 0 Å². The van der Waals surface area contributed by atoms with Crippen LogP contribution in [-0.2, 0) is 0 Å². The number of carbonyl (C=O) groups excluding carboxylic acids is 1. The number of nitrogens with zero attached hydrogens (tertiary/aromatic N) is 1. The Morgan fingerprint density at radius 2 is 1.85 bits per heavy atom. The number of hydrogen-bond donors (Lipinski definition) is 0. The minimum absolute atomic E-state index is 0.307. The molecule has 3 nitrogen and oxygen atoms in total. The first-order chi connectivity index (χ1) is 12.7. The summed E-state index contributed by atoms with van der Waals surface area (Å²) in [5, 5.41) is 0. The standard InChI is InChI=1S/C23H23NO2/c1-3-4-5-9-15-21-18(2)17-19-12-10-11-16-22(19)24(21)23(25)26-20-13-7-6-8-14-20/h6-8,10-14,16-17,21H,3-5H2,1-2H3. The van der Waals surface area contributed by atoms with Crippen molar-refractivity contribution in [1.82, 2.24) is 0 Å². The van der Waals surface area contributed by atoms with Crippen LogP contribution in [0.4, 0.5) is 10.5 Å². The monoisotopic (exact) mass is 345 g/mol. The van der Waals surface area contributed by atoms with Crippen molar-refractivity contribution < 1.29 is 9.53 Å². The lowest BCUT2D eigenvalue weighted by Gasteiger charge is -2.33. The number of hydrogen-bond acceptors (Lipinski definition) is 2. The van der Waals surface area contributed by atoms with Gasteiger partial charge in [-0.05, 0) is 42.7 Å². The maximum atomic E-state index is 13.0. The first-order valence-electron chi connectivity index (χ1n) is 9.02. The zero-order chi connectivity index (χ0) is 18.4. The molecule has 0 saturated carbocycles. The number of para-hydroxylation sites is 2. The van der Waals surface area contributed by atoms with Gasteiger partial charge in [0.1, 0.15) is 11.8 Å². The minimum atomic E-state index is -0.411. The number of anilines is 1. The van der Waals surface area contributed by atoms with Crippen molar-refractivity contribution in [2.45, 2.75) is 39.2 Å². The van der Waals surface area contributed by atoms with Crippen molar-refractivity contribution in [2.75, 3.05) is 4.90 Å². The van der Waals surface area contributed by atoms with Gasteiger partial charge >= 0.3 is 6.09 Å². The van der Waals surface area contributed by atoms with Gasteiger partial charge in [0.15, 0.2) is 0 Å². The molecule has 2 aromatic carbocycles. The second-order valence-corrected chi connectivity index (χ2v) is 6.33. The van der Waals surface area contributed by atoms with E-state index in [4.69, 9.17) is 4.74 Å². The van der Waals surface area contributed by atoms with Crippen LogP contribution in [0.5, 0.6) is 5.75 Å². The number of rotatable bonds is 3. The molecule has 26 heavy (non-hydrogen) atoms. The Hall–Kier alpha value is -2.99. The van der Waals surface area contributed by atoms with Gasteiger partial charge in [0, 0.05) is 6.42 Å². The predicted octanol–water partition coefficient (Wildman–Crippen LogP) is 5.67. The van der Waals surface area contributed by atoms with Crippen molar-refractivity contribution in [3.63, 3.8) is 0 Å². The molecule has 0 bridgehead atoms. The molecule has 1 aliphatic heterocycles. The molecule has 0 aromatic heterocycles. The van der Waals surface area contributed by atoms with E-state index in [9.17, 15) is 4.79 Å². The third kappa shape index (κ3) is 3.97. The molecule has 0 N–H and O–H groups in total. The van der Waals surface area contributed by atoms with Gasteiger partial charge in [-0.15, -0.1) is 5.92 Å². The highest BCUT2D eigenvalue weighted by molar-refractivity contribution is 5.96. The molecule has 1 amide bonds. The van der Waals surface area contributed by atoms with E-state index in [2.05, 4.69) is 24.8 Å². The number of carbonyl (C=O) groups is 1. The molecule has 1 unspecified atom stereocenters. The van der Waals surface area contributed by atoms with Gasteiger partial charge in [0.2, 0.25) is 0 Å². The molecule has 0 fully saturated rings. The van der Waals surface area contributed by atoms with Crippen molar-refractivity contribution in [3.05, 3.63) is 65.7 Å². The predicted molar refractivity (Wildman–Crippen MR) is 106 cm³/mol. The maximum absolute atomic E-state index is 13.0. The summed E-state index contributed by atoms with van der Waals surface area (Å²) in [4.78, 5) is 14.6. The Morgan fingerprint density at radius 3 is 2.62 bits per heavy atom. The van der Waals surface area contributed by atoms with Crippen molar-refractivity contribution in [3.8, 4) is 17.6 Å². The summed E-state index contributed by atoms with van der Waals surface area (Å²) in [6.07, 6.45) is 4.69. The van der Waals surface area contributed by atoms with Crippen LogP contribution in [0.15, 0.2) is 60.2 Å². The Morgan fingerprint density at radius 1 is 1.12 bits per heavy atom. The number of benzene rings is 2. The summed E-state index contributed by atoms with van der Waals surface area (Å²) in [7, 11) is 0. The molecule has 1 heterocycles. The van der Waals surface area contributed by atoms with Gasteiger partial charge in [-0.3, -0.25) is 4.90 Å². The summed E-state index contributed by atoms with van der Waals surface area (Å²) in [5.41, 5.74) is 2.87. The molecule has 3 heteroatoms. The molecule has 1 aliphatic rings. The zero-order valence-electron chi connectivity index (χ0n) is 15.2. The summed E-state index contributed by atoms with van der Waals surface area (Å²) < 4.78 is 5.61. The molecule has 0 radical (unpaired) electrons. The van der Waals surface area contributed by atoms with E-state index in [-0.39, 0.29) is 6.04 Å². The molecule has 0 aliphatic carbocycles. The normalized spacial score (nSPS) is 15.4. The third-order valence-corrected chi connectivity index (χ3v) is 4.31. The average Bonchev–Trinajstić information content (AvgIpc) is 2.66. The zero-order valence-corrected chi connectivity index (χ0v) is 15.2. The topological polar surface area (TPSA) is 29.5 Å². The molecule has 0 spiro atoms. The van der Waals surface area contributed by atoms with Crippen LogP contribution in [0.2, 0.25) is 0 Å². The van der Waals surface area contributed by atoms with Crippen LogP contribution < -0.4 is 9.64 Å². The SMILES string of the molecule is CCCCC#CC1C(C)=Cc2ccccc2N1C(=O)Oc1ccccc1. The van der Waals surface area contributed by atoms with Gasteiger partial charge in [-0.2, -0.15) is 0 Å². The van der Waals surface area contributed by atoms with E-state index in [1.165, 1.54) is 0 Å². The van der Waals surface area contributed by atoms with E-state index in [0.29, 0.717) is 5.75 Å². The minimum Gasteiger partial charge on any atom is -0.410 e. The fraction of sp³-hybridized carbons (Fsp3) is 0.261. The molecule has 132 valence electrons. The molecule has 3 rings (SSSR count). The van der Waals surface area contributed by atoms with E-state index < -0.39 is 6.09 Å². The first kappa shape index (κ1) is 17.8. The summed E-state index contributed by atoms with van der Waals surface area (Å²) >= 11 is 0. The summed E-state index contributed by atoms with van der Waals surface area (Å²) in [6.45, 7) is 4.16. The number of fused-ring (bicyclic) bond motifs is 1. The molecule has 2 aromatic rings. The van der Waals surface area contributed by atoms with E-state index in [1.807, 2.05) is 49.4 Å². The Labute approximate surface area is 155 Å². The Kier molecular flexibility index (Phi) is 5.76. The van der Waals surface area contributed by atoms with Gasteiger partial charge in [0.25, 0.3) is 0 Å². The van der Waals surface area contributed by atoms with Crippen LogP contribution in [0.1, 0.15) is 38.7 Å². The second-order valence-electron chi connectivity index (χ2n) is 6.33. The number of ether oxygens (including phenoxy) is 1. The van der Waals surface area contributed by atoms with Crippen molar-refractivity contribution in [2.24, 2.45) is 0 Å². The number of amides is 1. The lowest BCUT2D eigenvalue weighted by molar-refractivity contribution is 0.207. The highest BCUT2D eigenvalue weighted by Crippen LogP contribution is 2.33. The quantitative estimate of drug-likeness (QED) is 0.530. The molecule has 1 atom stereocenters. The Balaban J connectivity index is 1.93. The van der Waals surface area contributed by atoms with Crippen molar-refractivity contribution >= 4 is 17.9 Å². The smallest absolute Gasteiger partial charge is 0.410 e. The van der Waals surface area contributed by atoms with E-state index >= 15 is 0 Å². The fourth-order valence-electron chi connectivity index (χ4n) is 2.95. The lowest BCUT2D eigenvalue weighted by atomic mass is 9.97. The average molecular weight is 345 g/mol. The first-order valence-corrected chi connectivity index (χ1v) is 9.02. The lowest BCUT2D eigenvalue weighted by Crippen LogP contribution is -2.44. The summed E-state index contributed by atoms with van der Waals surface area (Å²) in [5.74, 6) is 7.02. The van der Waals surface area contributed by atoms with E-state index in [1.54, 1.807) is 17.0 Å². The van der Waals surface area contributed by atoms with Gasteiger partial charge < -0.3 is 4.74 Å². The highest BCUT2D eigenvalue weighted by Gasteiger charge is 2.31. The Bertz CT molecular complexity index is 859. The fourth-order valence-corrected chi connectivity index (χ4v) is 2.95. The highest BCUT2D eigenvalue weighted by atomic mass is 16.6. The molecular weight excluding hydrogens is 322 g/mol.